The van der Waals surface area contributed by atoms with Gasteiger partial charge in [-0.05, 0) is 27.0 Å². The summed E-state index contributed by atoms with van der Waals surface area (Å²) < 4.78 is 32.6. The van der Waals surface area contributed by atoms with E-state index in [0.29, 0.717) is 0 Å². The summed E-state index contributed by atoms with van der Waals surface area (Å²) in [5.41, 5.74) is -0.149. The predicted molar refractivity (Wildman–Crippen MR) is 111 cm³/mol. The maximum atomic E-state index is 12.9. The fourth-order valence-electron chi connectivity index (χ4n) is 2.92. The SMILES string of the molecule is CNS(=O)(=O)c1cc(C(=O)NC(CC(=O)OC(C)C)c2ccccc2[N+](=O)[O-])n(C)c1. The summed E-state index contributed by atoms with van der Waals surface area (Å²) in [6, 6.07) is 5.83. The van der Waals surface area contributed by atoms with Crippen LogP contribution < -0.4 is 10.0 Å². The van der Waals surface area contributed by atoms with E-state index in [9.17, 15) is 28.1 Å². The molecule has 0 saturated heterocycles. The molecule has 0 saturated carbocycles. The van der Waals surface area contributed by atoms with Gasteiger partial charge in [-0.25, -0.2) is 13.1 Å². The Bertz CT molecular complexity index is 1090. The first-order valence-corrected chi connectivity index (χ1v) is 10.8. The molecule has 168 valence electrons. The Morgan fingerprint density at radius 2 is 1.90 bits per heavy atom. The van der Waals surface area contributed by atoms with Crippen molar-refractivity contribution in [2.45, 2.75) is 37.3 Å². The molecule has 1 aromatic carbocycles. The van der Waals surface area contributed by atoms with Gasteiger partial charge in [0.15, 0.2) is 0 Å². The van der Waals surface area contributed by atoms with Crippen LogP contribution in [-0.4, -0.2) is 42.9 Å². The van der Waals surface area contributed by atoms with Gasteiger partial charge in [0.05, 0.1) is 29.1 Å². The number of nitro groups is 1. The lowest BCUT2D eigenvalue weighted by Crippen LogP contribution is -2.32. The Kier molecular flexibility index (Phi) is 7.52. The Morgan fingerprint density at radius 1 is 1.26 bits per heavy atom. The molecule has 0 aliphatic carbocycles. The first kappa shape index (κ1) is 24.0. The maximum absolute atomic E-state index is 12.9. The third-order valence-corrected chi connectivity index (χ3v) is 5.72. The van der Waals surface area contributed by atoms with Crippen LogP contribution in [0, 0.1) is 10.1 Å². The monoisotopic (exact) mass is 452 g/mol. The summed E-state index contributed by atoms with van der Waals surface area (Å²) in [5, 5.41) is 14.0. The highest BCUT2D eigenvalue weighted by atomic mass is 32.2. The predicted octanol–water partition coefficient (Wildman–Crippen LogP) is 1.65. The second-order valence-corrected chi connectivity index (χ2v) is 8.85. The largest absolute Gasteiger partial charge is 0.463 e. The van der Waals surface area contributed by atoms with E-state index in [2.05, 4.69) is 10.0 Å². The number of esters is 1. The van der Waals surface area contributed by atoms with Gasteiger partial charge in [-0.2, -0.15) is 0 Å². The Hall–Kier alpha value is -3.25. The number of ether oxygens (including phenoxy) is 1. The number of aromatic nitrogens is 1. The number of carbonyl (C=O) groups is 2. The van der Waals surface area contributed by atoms with Gasteiger partial charge < -0.3 is 14.6 Å². The van der Waals surface area contributed by atoms with Crippen LogP contribution in [0.15, 0.2) is 41.4 Å². The van der Waals surface area contributed by atoms with E-state index in [4.69, 9.17) is 4.74 Å². The highest BCUT2D eigenvalue weighted by Gasteiger charge is 2.28. The van der Waals surface area contributed by atoms with Gasteiger partial charge in [0.25, 0.3) is 11.6 Å². The van der Waals surface area contributed by atoms with Gasteiger partial charge in [0.2, 0.25) is 10.0 Å². The van der Waals surface area contributed by atoms with Crippen molar-refractivity contribution in [3.8, 4) is 0 Å². The molecule has 2 aromatic rings. The molecular weight excluding hydrogens is 428 g/mol. The number of amides is 1. The topological polar surface area (TPSA) is 150 Å². The summed E-state index contributed by atoms with van der Waals surface area (Å²) >= 11 is 0. The van der Waals surface area contributed by atoms with Gasteiger partial charge in [-0.3, -0.25) is 19.7 Å². The van der Waals surface area contributed by atoms with Crippen molar-refractivity contribution in [3.05, 3.63) is 57.9 Å². The van der Waals surface area contributed by atoms with Crippen molar-refractivity contribution < 1.29 is 27.7 Å². The summed E-state index contributed by atoms with van der Waals surface area (Å²) in [4.78, 5) is 35.9. The molecule has 1 amide bonds. The lowest BCUT2D eigenvalue weighted by Gasteiger charge is -2.19. The van der Waals surface area contributed by atoms with E-state index in [-0.39, 0.29) is 28.3 Å². The lowest BCUT2D eigenvalue weighted by molar-refractivity contribution is -0.385. The van der Waals surface area contributed by atoms with Crippen LogP contribution in [0.25, 0.3) is 0 Å². The van der Waals surface area contributed by atoms with Crippen molar-refractivity contribution in [2.75, 3.05) is 7.05 Å². The van der Waals surface area contributed by atoms with Gasteiger partial charge in [-0.15, -0.1) is 0 Å². The number of para-hydroxylation sites is 1. The molecule has 1 aromatic heterocycles. The zero-order valence-electron chi connectivity index (χ0n) is 17.5. The quantitative estimate of drug-likeness (QED) is 0.334. The second kappa shape index (κ2) is 9.71. The number of hydrogen-bond acceptors (Lipinski definition) is 7. The number of nitrogens with one attached hydrogen (secondary N) is 2. The molecule has 12 heteroatoms. The molecule has 1 unspecified atom stereocenters. The zero-order valence-corrected chi connectivity index (χ0v) is 18.3. The lowest BCUT2D eigenvalue weighted by atomic mass is 10.0. The molecule has 1 heterocycles. The Morgan fingerprint density at radius 3 is 2.48 bits per heavy atom. The molecule has 0 spiro atoms. The van der Waals surface area contributed by atoms with E-state index < -0.39 is 39.0 Å². The van der Waals surface area contributed by atoms with Crippen molar-refractivity contribution in [3.63, 3.8) is 0 Å². The fraction of sp³-hybridized carbons (Fsp3) is 0.368. The number of nitro benzene ring substituents is 1. The summed E-state index contributed by atoms with van der Waals surface area (Å²) in [6.07, 6.45) is 0.506. The number of carbonyl (C=O) groups excluding carboxylic acids is 2. The fourth-order valence-corrected chi connectivity index (χ4v) is 3.72. The number of sulfonamides is 1. The molecular formula is C19H24N4O7S. The molecule has 0 fully saturated rings. The van der Waals surface area contributed by atoms with Crippen molar-refractivity contribution in [2.24, 2.45) is 7.05 Å². The van der Waals surface area contributed by atoms with Crippen LogP contribution in [0.2, 0.25) is 0 Å². The second-order valence-electron chi connectivity index (χ2n) is 6.96. The summed E-state index contributed by atoms with van der Waals surface area (Å²) in [6.45, 7) is 3.31. The minimum absolute atomic E-state index is 0.00497. The van der Waals surface area contributed by atoms with Gasteiger partial charge in [0.1, 0.15) is 10.6 Å². The summed E-state index contributed by atoms with van der Waals surface area (Å²) in [5.74, 6) is -1.36. The van der Waals surface area contributed by atoms with Crippen molar-refractivity contribution in [1.29, 1.82) is 0 Å². The smallest absolute Gasteiger partial charge is 0.308 e. The number of hydrogen-bond donors (Lipinski definition) is 2. The molecule has 0 aliphatic rings. The van der Waals surface area contributed by atoms with Crippen LogP contribution in [0.5, 0.6) is 0 Å². The van der Waals surface area contributed by atoms with E-state index in [0.717, 1.165) is 0 Å². The molecule has 31 heavy (non-hydrogen) atoms. The maximum Gasteiger partial charge on any atom is 0.308 e. The van der Waals surface area contributed by atoms with Crippen LogP contribution in [0.1, 0.15) is 42.4 Å². The third kappa shape index (κ3) is 5.89. The molecule has 11 nitrogen and oxygen atoms in total. The van der Waals surface area contributed by atoms with Gasteiger partial charge >= 0.3 is 5.97 Å². The standard InChI is InChI=1S/C19H24N4O7S/c1-12(2)30-18(24)10-15(14-7-5-6-8-16(14)23(26)27)21-19(25)17-9-13(11-22(17)4)31(28,29)20-3/h5-9,11-12,15,20H,10H2,1-4H3,(H,21,25). The number of benzene rings is 1. The van der Waals surface area contributed by atoms with Crippen molar-refractivity contribution in [1.82, 2.24) is 14.6 Å². The Labute approximate surface area is 179 Å². The molecule has 2 rings (SSSR count). The number of aryl methyl sites for hydroxylation is 1. The minimum atomic E-state index is -3.78. The van der Waals surface area contributed by atoms with E-state index in [1.54, 1.807) is 19.9 Å². The summed E-state index contributed by atoms with van der Waals surface area (Å²) in [7, 11) is -1.05. The zero-order chi connectivity index (χ0) is 23.3. The van der Waals surface area contributed by atoms with E-state index >= 15 is 0 Å². The minimum Gasteiger partial charge on any atom is -0.463 e. The van der Waals surface area contributed by atoms with Gasteiger partial charge in [-0.1, -0.05) is 18.2 Å². The van der Waals surface area contributed by atoms with Crippen LogP contribution >= 0.6 is 0 Å². The molecule has 0 aliphatic heterocycles. The third-order valence-electron chi connectivity index (χ3n) is 4.34. The average molecular weight is 452 g/mol. The first-order valence-electron chi connectivity index (χ1n) is 9.29. The highest BCUT2D eigenvalue weighted by Crippen LogP contribution is 2.28. The number of nitrogens with zero attached hydrogens (tertiary/aromatic N) is 2. The van der Waals surface area contributed by atoms with Crippen LogP contribution in [0.3, 0.4) is 0 Å². The van der Waals surface area contributed by atoms with Crippen molar-refractivity contribution >= 4 is 27.6 Å². The van der Waals surface area contributed by atoms with E-state index in [1.807, 2.05) is 0 Å². The van der Waals surface area contributed by atoms with Crippen LogP contribution in [-0.2, 0) is 26.6 Å². The highest BCUT2D eigenvalue weighted by molar-refractivity contribution is 7.89. The average Bonchev–Trinajstić information content (AvgIpc) is 3.09. The molecule has 0 bridgehead atoms. The van der Waals surface area contributed by atoms with Crippen LogP contribution in [0.4, 0.5) is 5.69 Å². The van der Waals surface area contributed by atoms with Gasteiger partial charge in [0, 0.05) is 19.3 Å². The van der Waals surface area contributed by atoms with E-state index in [1.165, 1.54) is 49.1 Å². The molecule has 0 radical (unpaired) electrons. The molecule has 2 N–H and O–H groups in total. The normalized spacial score (nSPS) is 12.4. The Balaban J connectivity index is 2.41. The first-order chi connectivity index (χ1) is 14.5. The molecule has 1 atom stereocenters. The number of rotatable bonds is 9.